The Hall–Kier alpha value is -3.67. The molecule has 4 saturated heterocycles. The number of amides is 2. The van der Waals surface area contributed by atoms with Crippen LogP contribution in [0.1, 0.15) is 119 Å². The van der Waals surface area contributed by atoms with Gasteiger partial charge in [-0.2, -0.15) is 10.2 Å². The van der Waals surface area contributed by atoms with Crippen molar-refractivity contribution in [1.29, 1.82) is 0 Å². The third kappa shape index (κ3) is 12.2. The van der Waals surface area contributed by atoms with Gasteiger partial charge in [-0.05, 0) is 99.0 Å². The molecule has 0 saturated carbocycles. The minimum Gasteiger partial charge on any atom is -0.492 e. The van der Waals surface area contributed by atoms with Gasteiger partial charge in [0.15, 0.2) is 23.8 Å². The van der Waals surface area contributed by atoms with Gasteiger partial charge in [0.25, 0.3) is 0 Å². The van der Waals surface area contributed by atoms with Crippen molar-refractivity contribution in [2.24, 2.45) is 10.8 Å². The molecule has 4 aromatic rings. The summed E-state index contributed by atoms with van der Waals surface area (Å²) in [5, 5.41) is 20.9. The van der Waals surface area contributed by atoms with Gasteiger partial charge in [-0.1, -0.05) is 48.7 Å². The second-order valence-electron chi connectivity index (χ2n) is 19.0. The van der Waals surface area contributed by atoms with E-state index in [9.17, 15) is 14.7 Å². The molecule has 8 rings (SSSR count). The molecule has 2 atom stereocenters. The Morgan fingerprint density at radius 2 is 1.19 bits per heavy atom. The molecule has 0 aromatic carbocycles. The summed E-state index contributed by atoms with van der Waals surface area (Å²) in [6.45, 7) is 19.8. The SMILES string of the molecule is CCC1(CO)CN(C(=O)OC(C)(C)C)C1.CCC1(COc2cc(Cl)nc3c2cnn3C2CCCCO2)CN(C(=O)OC(C)(C)C)C1.Clc1cc(Cl)c2cnn(C3CCCCO3)c2n1. The predicted octanol–water partition coefficient (Wildman–Crippen LogP) is 9.87. The molecule has 4 fully saturated rings. The number of halogens is 3. The molecule has 1 N–H and O–H groups in total. The number of pyridine rings is 2. The van der Waals surface area contributed by atoms with Crippen molar-refractivity contribution in [2.45, 2.75) is 130 Å². The molecule has 0 radical (unpaired) electrons. The largest absolute Gasteiger partial charge is 0.492 e. The Labute approximate surface area is 384 Å². The minimum atomic E-state index is -0.500. The van der Waals surface area contributed by atoms with Crippen LogP contribution in [0.15, 0.2) is 24.5 Å². The molecule has 348 valence electrons. The number of aliphatic hydroxyl groups is 1. The van der Waals surface area contributed by atoms with Gasteiger partial charge in [0.2, 0.25) is 0 Å². The number of likely N-dealkylation sites (tertiary alicyclic amines) is 2. The molecule has 0 spiro atoms. The maximum Gasteiger partial charge on any atom is 0.410 e. The summed E-state index contributed by atoms with van der Waals surface area (Å²) in [4.78, 5) is 36.0. The van der Waals surface area contributed by atoms with Crippen LogP contribution in [0, 0.1) is 10.8 Å². The third-order valence-electron chi connectivity index (χ3n) is 11.6. The molecular weight excluding hydrogens is 875 g/mol. The molecule has 0 aliphatic carbocycles. The Morgan fingerprint density at radius 3 is 1.63 bits per heavy atom. The summed E-state index contributed by atoms with van der Waals surface area (Å²) in [5.74, 6) is 0.653. The second-order valence-corrected chi connectivity index (χ2v) is 20.2. The van der Waals surface area contributed by atoms with Crippen molar-refractivity contribution >= 4 is 69.1 Å². The fraction of sp³-hybridized carbons (Fsp3) is 0.682. The van der Waals surface area contributed by atoms with E-state index >= 15 is 0 Å². The summed E-state index contributed by atoms with van der Waals surface area (Å²) >= 11 is 18.3. The smallest absolute Gasteiger partial charge is 0.410 e. The number of hydrogen-bond acceptors (Lipinski definition) is 12. The number of fused-ring (bicyclic) bond motifs is 2. The van der Waals surface area contributed by atoms with E-state index in [2.05, 4.69) is 27.1 Å². The van der Waals surface area contributed by atoms with E-state index in [0.717, 1.165) is 75.4 Å². The monoisotopic (exact) mass is 936 g/mol. The number of aromatic nitrogens is 6. The lowest BCUT2D eigenvalue weighted by molar-refractivity contribution is -0.0573. The van der Waals surface area contributed by atoms with Crippen LogP contribution in [0.2, 0.25) is 15.3 Å². The van der Waals surface area contributed by atoms with Crippen molar-refractivity contribution in [3.05, 3.63) is 39.9 Å². The highest BCUT2D eigenvalue weighted by Crippen LogP contribution is 2.38. The number of aliphatic hydroxyl groups excluding tert-OH is 1. The summed E-state index contributed by atoms with van der Waals surface area (Å²) in [6, 6.07) is 3.35. The van der Waals surface area contributed by atoms with E-state index in [4.69, 9.17) is 58.5 Å². The van der Waals surface area contributed by atoms with Crippen LogP contribution in [0.4, 0.5) is 9.59 Å². The van der Waals surface area contributed by atoms with Crippen LogP contribution >= 0.6 is 34.8 Å². The molecule has 4 aliphatic rings. The highest BCUT2D eigenvalue weighted by Gasteiger charge is 2.46. The zero-order valence-electron chi connectivity index (χ0n) is 37.8. The van der Waals surface area contributed by atoms with E-state index in [1.807, 2.05) is 48.5 Å². The first-order valence-electron chi connectivity index (χ1n) is 21.9. The van der Waals surface area contributed by atoms with Gasteiger partial charge in [-0.3, -0.25) is 0 Å². The van der Waals surface area contributed by atoms with Crippen molar-refractivity contribution < 1.29 is 38.4 Å². The zero-order valence-corrected chi connectivity index (χ0v) is 40.1. The van der Waals surface area contributed by atoms with Gasteiger partial charge in [0.1, 0.15) is 27.3 Å². The Balaban J connectivity index is 0.000000174. The number of hydrogen-bond donors (Lipinski definition) is 1. The van der Waals surface area contributed by atoms with Gasteiger partial charge in [-0.15, -0.1) is 0 Å². The van der Waals surface area contributed by atoms with Gasteiger partial charge in [0.05, 0.1) is 41.4 Å². The van der Waals surface area contributed by atoms with Crippen LogP contribution in [0.25, 0.3) is 22.1 Å². The quantitative estimate of drug-likeness (QED) is 0.166. The highest BCUT2D eigenvalue weighted by molar-refractivity contribution is 6.37. The highest BCUT2D eigenvalue weighted by atomic mass is 35.5. The molecule has 2 unspecified atom stereocenters. The lowest BCUT2D eigenvalue weighted by atomic mass is 9.78. The Morgan fingerprint density at radius 1 is 0.730 bits per heavy atom. The molecular formula is C44H63Cl3N8O8. The molecule has 19 heteroatoms. The fourth-order valence-electron chi connectivity index (χ4n) is 7.81. The van der Waals surface area contributed by atoms with E-state index in [-0.39, 0.29) is 42.1 Å². The number of carbonyl (C=O) groups excluding carboxylic acids is 2. The molecule has 63 heavy (non-hydrogen) atoms. The Kier molecular flexibility index (Phi) is 15.7. The molecule has 8 heterocycles. The average molecular weight is 938 g/mol. The van der Waals surface area contributed by atoms with Crippen LogP contribution in [-0.2, 0) is 18.9 Å². The molecule has 4 aliphatic heterocycles. The van der Waals surface area contributed by atoms with Crippen LogP contribution in [0.3, 0.4) is 0 Å². The van der Waals surface area contributed by atoms with Gasteiger partial charge < -0.3 is 38.6 Å². The summed E-state index contributed by atoms with van der Waals surface area (Å²) < 4.78 is 32.1. The van der Waals surface area contributed by atoms with E-state index < -0.39 is 11.2 Å². The summed E-state index contributed by atoms with van der Waals surface area (Å²) in [6.07, 6.45) is 10.8. The van der Waals surface area contributed by atoms with E-state index in [0.29, 0.717) is 65.2 Å². The first-order valence-corrected chi connectivity index (χ1v) is 23.1. The normalized spacial score (nSPS) is 20.7. The van der Waals surface area contributed by atoms with E-state index in [1.165, 1.54) is 0 Å². The van der Waals surface area contributed by atoms with Gasteiger partial charge in [-0.25, -0.2) is 28.9 Å². The lowest BCUT2D eigenvalue weighted by Crippen LogP contribution is -2.61. The van der Waals surface area contributed by atoms with Gasteiger partial charge in [0, 0.05) is 56.3 Å². The average Bonchev–Trinajstić information content (AvgIpc) is 3.82. The number of nitrogens with zero attached hydrogens (tertiary/aromatic N) is 8. The first kappa shape index (κ1) is 48.8. The minimum absolute atomic E-state index is 0.0525. The number of carbonyl (C=O) groups is 2. The van der Waals surface area contributed by atoms with Crippen LogP contribution in [0.5, 0.6) is 5.75 Å². The van der Waals surface area contributed by atoms with Crippen LogP contribution in [-0.4, -0.2) is 120 Å². The van der Waals surface area contributed by atoms with Crippen molar-refractivity contribution in [3.8, 4) is 5.75 Å². The summed E-state index contributed by atoms with van der Waals surface area (Å²) in [7, 11) is 0. The molecule has 2 amide bonds. The van der Waals surface area contributed by atoms with Gasteiger partial charge >= 0.3 is 12.2 Å². The number of ether oxygens (including phenoxy) is 5. The molecule has 0 bridgehead atoms. The van der Waals surface area contributed by atoms with Crippen molar-refractivity contribution in [3.63, 3.8) is 0 Å². The number of rotatable bonds is 8. The molecule has 4 aromatic heterocycles. The third-order valence-corrected chi connectivity index (χ3v) is 12.3. The summed E-state index contributed by atoms with van der Waals surface area (Å²) in [5.41, 5.74) is 0.219. The second kappa shape index (κ2) is 20.2. The molecule has 16 nitrogen and oxygen atoms in total. The van der Waals surface area contributed by atoms with E-state index in [1.54, 1.807) is 43.7 Å². The fourth-order valence-corrected chi connectivity index (χ4v) is 8.47. The first-order chi connectivity index (χ1) is 29.8. The maximum absolute atomic E-state index is 12.3. The standard InChI is InChI=1S/C22H31ClN4O4.C11H11Cl2N3O.C11H21NO3/c1-5-22(12-26(13-22)20(28)31-21(2,3)4)14-30-16-10-17(23)25-19-15(16)11-24-27(19)18-8-6-7-9-29-18;12-8-5-9(13)15-11-7(8)6-14-16(11)10-3-1-2-4-17-10;1-5-11(8-13)6-12(7-11)9(14)15-10(2,3)4/h10-11,18H,5-9,12-14H2,1-4H3;5-6,10H,1-4H2;13H,5-8H2,1-4H3. The van der Waals surface area contributed by atoms with Crippen molar-refractivity contribution in [1.82, 2.24) is 39.3 Å². The van der Waals surface area contributed by atoms with Crippen LogP contribution < -0.4 is 4.74 Å². The zero-order chi connectivity index (χ0) is 45.7. The van der Waals surface area contributed by atoms with Crippen molar-refractivity contribution in [2.75, 3.05) is 52.6 Å². The Bertz CT molecular complexity index is 2170. The predicted molar refractivity (Wildman–Crippen MR) is 241 cm³/mol. The topological polar surface area (TPSA) is 168 Å². The lowest BCUT2D eigenvalue weighted by Gasteiger charge is -2.49. The maximum atomic E-state index is 12.3.